The number of fused-ring (bicyclic) bond motifs is 3. The van der Waals surface area contributed by atoms with Crippen molar-refractivity contribution in [2.45, 2.75) is 46.0 Å². The number of hydrogen-bond donors (Lipinski definition) is 3. The van der Waals surface area contributed by atoms with E-state index in [1.165, 1.54) is 16.2 Å². The molecule has 0 saturated heterocycles. The molecule has 1 unspecified atom stereocenters. The van der Waals surface area contributed by atoms with Gasteiger partial charge in [-0.1, -0.05) is 39.0 Å². The summed E-state index contributed by atoms with van der Waals surface area (Å²) in [5.74, 6) is 0.0182. The fourth-order valence-corrected chi connectivity index (χ4v) is 5.40. The largest absolute Gasteiger partial charge is 0.506 e. The van der Waals surface area contributed by atoms with E-state index in [9.17, 15) is 14.7 Å². The molecule has 2 heterocycles. The number of para-hydroxylation sites is 1. The van der Waals surface area contributed by atoms with Crippen molar-refractivity contribution < 1.29 is 9.90 Å². The zero-order valence-corrected chi connectivity index (χ0v) is 17.1. The molecule has 0 spiro atoms. The van der Waals surface area contributed by atoms with Gasteiger partial charge in [0.2, 0.25) is 0 Å². The molecule has 3 N–H and O–H groups in total. The van der Waals surface area contributed by atoms with Crippen LogP contribution < -0.4 is 10.9 Å². The summed E-state index contributed by atoms with van der Waals surface area (Å²) >= 11 is 1.52. The average molecular weight is 397 g/mol. The molecule has 1 amide bonds. The van der Waals surface area contributed by atoms with Crippen molar-refractivity contribution in [3.63, 3.8) is 0 Å². The zero-order valence-electron chi connectivity index (χ0n) is 16.3. The van der Waals surface area contributed by atoms with Gasteiger partial charge < -0.3 is 15.4 Å². The molecule has 0 bridgehead atoms. The lowest BCUT2D eigenvalue weighted by atomic mass is 9.89. The molecule has 1 aliphatic carbocycles. The van der Waals surface area contributed by atoms with Gasteiger partial charge in [0.05, 0.1) is 5.39 Å². The number of aromatic amines is 1. The molecule has 1 aliphatic rings. The van der Waals surface area contributed by atoms with Gasteiger partial charge in [-0.25, -0.2) is 0 Å². The van der Waals surface area contributed by atoms with Gasteiger partial charge >= 0.3 is 0 Å². The van der Waals surface area contributed by atoms with Crippen LogP contribution in [-0.2, 0) is 12.8 Å². The number of carbonyl (C=O) groups is 1. The van der Waals surface area contributed by atoms with Crippen molar-refractivity contribution in [3.05, 3.63) is 56.2 Å². The Bertz CT molecular complexity index is 1130. The number of rotatable bonds is 3. The van der Waals surface area contributed by atoms with Crippen LogP contribution in [0.4, 0.5) is 5.69 Å². The van der Waals surface area contributed by atoms with Crippen LogP contribution in [-0.4, -0.2) is 16.0 Å². The SMILES string of the molecule is CC1CCc2c(sc3[nH]c(=O)c(C(=O)Nc4ccccc4C(C)C)c(O)c23)C1. The molecule has 6 heteroatoms. The summed E-state index contributed by atoms with van der Waals surface area (Å²) < 4.78 is 0. The number of H-pyrrole nitrogens is 1. The van der Waals surface area contributed by atoms with Crippen LogP contribution in [0.25, 0.3) is 10.2 Å². The van der Waals surface area contributed by atoms with E-state index in [1.807, 2.05) is 38.1 Å². The monoisotopic (exact) mass is 396 g/mol. The van der Waals surface area contributed by atoms with Crippen LogP contribution in [0.2, 0.25) is 0 Å². The highest BCUT2D eigenvalue weighted by atomic mass is 32.1. The van der Waals surface area contributed by atoms with Gasteiger partial charge in [-0.2, -0.15) is 0 Å². The average Bonchev–Trinajstić information content (AvgIpc) is 2.99. The highest BCUT2D eigenvalue weighted by Crippen LogP contribution is 2.41. The molecule has 2 aromatic heterocycles. The van der Waals surface area contributed by atoms with E-state index >= 15 is 0 Å². The van der Waals surface area contributed by atoms with Crippen LogP contribution in [0.5, 0.6) is 5.75 Å². The van der Waals surface area contributed by atoms with E-state index in [2.05, 4.69) is 17.2 Å². The Hall–Kier alpha value is -2.60. The van der Waals surface area contributed by atoms with E-state index in [4.69, 9.17) is 0 Å². The first-order valence-electron chi connectivity index (χ1n) is 9.66. The number of amides is 1. The molecule has 1 aromatic carbocycles. The third-order valence-electron chi connectivity index (χ3n) is 5.50. The summed E-state index contributed by atoms with van der Waals surface area (Å²) in [6.45, 7) is 6.29. The fraction of sp³-hybridized carbons (Fsp3) is 0.364. The fourth-order valence-electron chi connectivity index (χ4n) is 4.00. The molecule has 4 rings (SSSR count). The minimum Gasteiger partial charge on any atom is -0.506 e. The van der Waals surface area contributed by atoms with E-state index in [0.29, 0.717) is 21.8 Å². The highest BCUT2D eigenvalue weighted by molar-refractivity contribution is 7.18. The summed E-state index contributed by atoms with van der Waals surface area (Å²) in [6.07, 6.45) is 2.84. The standard InChI is InChI=1S/C22H24N2O3S/c1-11(2)13-6-4-5-7-15(13)23-20(26)18-19(25)17-14-9-8-12(3)10-16(14)28-22(17)24-21(18)27/h4-7,11-12H,8-10H2,1-3H3,(H,23,26)(H2,24,25,27). The predicted molar refractivity (Wildman–Crippen MR) is 114 cm³/mol. The normalized spacial score (nSPS) is 16.4. The molecule has 146 valence electrons. The van der Waals surface area contributed by atoms with Gasteiger partial charge in [-0.05, 0) is 48.3 Å². The molecule has 0 fully saturated rings. The topological polar surface area (TPSA) is 82.2 Å². The zero-order chi connectivity index (χ0) is 20.0. The second kappa shape index (κ2) is 7.09. The van der Waals surface area contributed by atoms with Crippen molar-refractivity contribution in [1.29, 1.82) is 0 Å². The smallest absolute Gasteiger partial charge is 0.265 e. The number of carbonyl (C=O) groups excluding carboxylic acids is 1. The second-order valence-electron chi connectivity index (χ2n) is 7.93. The number of benzene rings is 1. The Balaban J connectivity index is 1.79. The van der Waals surface area contributed by atoms with Gasteiger partial charge in [0.15, 0.2) is 0 Å². The first kappa shape index (κ1) is 18.7. The molecular formula is C22H24N2O3S. The second-order valence-corrected chi connectivity index (χ2v) is 9.03. The van der Waals surface area contributed by atoms with Gasteiger partial charge in [-0.15, -0.1) is 11.3 Å². The molecule has 1 atom stereocenters. The summed E-state index contributed by atoms with van der Waals surface area (Å²) in [5, 5.41) is 14.3. The summed E-state index contributed by atoms with van der Waals surface area (Å²) in [6, 6.07) is 7.51. The van der Waals surface area contributed by atoms with Crippen LogP contribution >= 0.6 is 11.3 Å². The van der Waals surface area contributed by atoms with Crippen molar-refractivity contribution >= 4 is 33.1 Å². The number of aromatic nitrogens is 1. The Morgan fingerprint density at radius 3 is 2.82 bits per heavy atom. The van der Waals surface area contributed by atoms with E-state index in [0.717, 1.165) is 30.4 Å². The van der Waals surface area contributed by atoms with E-state index in [-0.39, 0.29) is 17.2 Å². The maximum Gasteiger partial charge on any atom is 0.265 e. The lowest BCUT2D eigenvalue weighted by molar-refractivity contribution is 0.102. The third kappa shape index (κ3) is 3.11. The van der Waals surface area contributed by atoms with Crippen molar-refractivity contribution in [2.24, 2.45) is 5.92 Å². The van der Waals surface area contributed by atoms with Crippen LogP contribution in [0.3, 0.4) is 0 Å². The number of nitrogens with one attached hydrogen (secondary N) is 2. The number of thiophene rings is 1. The predicted octanol–water partition coefficient (Wildman–Crippen LogP) is 4.80. The number of anilines is 1. The Labute approximate surface area is 167 Å². The molecule has 0 radical (unpaired) electrons. The number of pyridine rings is 1. The van der Waals surface area contributed by atoms with Gasteiger partial charge in [0, 0.05) is 10.6 Å². The van der Waals surface area contributed by atoms with Gasteiger partial charge in [0.25, 0.3) is 11.5 Å². The Kier molecular flexibility index (Phi) is 4.75. The summed E-state index contributed by atoms with van der Waals surface area (Å²) in [7, 11) is 0. The minimum absolute atomic E-state index is 0.203. The Morgan fingerprint density at radius 1 is 1.32 bits per heavy atom. The maximum atomic E-state index is 12.9. The quantitative estimate of drug-likeness (QED) is 0.595. The van der Waals surface area contributed by atoms with Crippen molar-refractivity contribution in [3.8, 4) is 5.75 Å². The molecule has 0 saturated carbocycles. The lowest BCUT2D eigenvalue weighted by Crippen LogP contribution is -2.24. The molecular weight excluding hydrogens is 372 g/mol. The molecule has 28 heavy (non-hydrogen) atoms. The molecule has 3 aromatic rings. The van der Waals surface area contributed by atoms with Gasteiger partial charge in [-0.3, -0.25) is 9.59 Å². The lowest BCUT2D eigenvalue weighted by Gasteiger charge is -2.18. The van der Waals surface area contributed by atoms with E-state index in [1.54, 1.807) is 0 Å². The number of aromatic hydroxyl groups is 1. The number of aryl methyl sites for hydroxylation is 1. The first-order valence-corrected chi connectivity index (χ1v) is 10.5. The Morgan fingerprint density at radius 2 is 2.07 bits per heavy atom. The highest BCUT2D eigenvalue weighted by Gasteiger charge is 2.27. The minimum atomic E-state index is -0.585. The number of hydrogen-bond acceptors (Lipinski definition) is 4. The summed E-state index contributed by atoms with van der Waals surface area (Å²) in [5.41, 5.74) is 1.93. The van der Waals surface area contributed by atoms with Crippen LogP contribution in [0.1, 0.15) is 59.5 Å². The maximum absolute atomic E-state index is 12.9. The third-order valence-corrected chi connectivity index (χ3v) is 6.67. The van der Waals surface area contributed by atoms with E-state index < -0.39 is 11.5 Å². The van der Waals surface area contributed by atoms with Crippen molar-refractivity contribution in [1.82, 2.24) is 4.98 Å². The van der Waals surface area contributed by atoms with Gasteiger partial charge in [0.1, 0.15) is 16.1 Å². The summed E-state index contributed by atoms with van der Waals surface area (Å²) in [4.78, 5) is 30.2. The van der Waals surface area contributed by atoms with Crippen molar-refractivity contribution in [2.75, 3.05) is 5.32 Å². The van der Waals surface area contributed by atoms with Crippen LogP contribution in [0.15, 0.2) is 29.1 Å². The molecule has 5 nitrogen and oxygen atoms in total. The molecule has 0 aliphatic heterocycles. The first-order chi connectivity index (χ1) is 13.4. The van der Waals surface area contributed by atoms with Crippen LogP contribution in [0, 0.1) is 5.92 Å².